The number of piperazine rings is 1. The van der Waals surface area contributed by atoms with Gasteiger partial charge in [-0.2, -0.15) is 4.73 Å². The van der Waals surface area contributed by atoms with Crippen molar-refractivity contribution in [3.63, 3.8) is 0 Å². The number of fused-ring (bicyclic) bond motifs is 1. The second kappa shape index (κ2) is 10.3. The highest BCUT2D eigenvalue weighted by atomic mass is 19.1. The van der Waals surface area contributed by atoms with Gasteiger partial charge in [-0.25, -0.2) is 4.39 Å². The summed E-state index contributed by atoms with van der Waals surface area (Å²) in [7, 11) is 3.60. The average molecular weight is 480 g/mol. The molecule has 35 heavy (non-hydrogen) atoms. The molecule has 3 aromatic rings. The molecule has 0 amide bonds. The lowest BCUT2D eigenvalue weighted by Gasteiger charge is -2.35. The van der Waals surface area contributed by atoms with Gasteiger partial charge in [-0.1, -0.05) is 18.2 Å². The first-order valence-electron chi connectivity index (χ1n) is 11.6. The van der Waals surface area contributed by atoms with Crippen LogP contribution in [-0.2, 0) is 0 Å². The Kier molecular flexibility index (Phi) is 7.21. The predicted octanol–water partition coefficient (Wildman–Crippen LogP) is 4.06. The highest BCUT2D eigenvalue weighted by Crippen LogP contribution is 2.38. The zero-order valence-corrected chi connectivity index (χ0v) is 20.5. The maximum atomic E-state index is 15.5. The van der Waals surface area contributed by atoms with Crippen molar-refractivity contribution in [3.05, 3.63) is 70.8 Å². The minimum atomic E-state index is -0.476. The van der Waals surface area contributed by atoms with E-state index in [-0.39, 0.29) is 28.7 Å². The molecule has 2 heterocycles. The number of benzene rings is 2. The van der Waals surface area contributed by atoms with Gasteiger partial charge in [0.05, 0.1) is 24.2 Å². The maximum Gasteiger partial charge on any atom is 0.268 e. The van der Waals surface area contributed by atoms with Gasteiger partial charge in [0, 0.05) is 26.2 Å². The standard InChI is InChI=1S/C27H30FN3O4/c1-18(2)35-27-25-20(16-23(28)26(27)30-13-11-29(3)12-14-30)15-21(17-31(25)33)24(32)10-7-19-5-8-22(34-4)9-6-19/h5-10,15-18H,11-14H2,1-4H3. The summed E-state index contributed by atoms with van der Waals surface area (Å²) in [6.07, 6.45) is 4.01. The molecule has 1 aliphatic rings. The zero-order chi connectivity index (χ0) is 25.1. The van der Waals surface area contributed by atoms with Crippen molar-refractivity contribution < 1.29 is 23.4 Å². The van der Waals surface area contributed by atoms with Gasteiger partial charge in [-0.3, -0.25) is 4.79 Å². The molecule has 1 fully saturated rings. The van der Waals surface area contributed by atoms with Crippen LogP contribution in [0.15, 0.2) is 48.7 Å². The second-order valence-corrected chi connectivity index (χ2v) is 8.96. The number of rotatable bonds is 7. The number of likely N-dealkylation sites (N-methyl/N-ethyl adjacent to an activating group) is 1. The number of methoxy groups -OCH3 is 1. The van der Waals surface area contributed by atoms with Gasteiger partial charge >= 0.3 is 0 Å². The molecule has 0 N–H and O–H groups in total. The first-order chi connectivity index (χ1) is 16.8. The van der Waals surface area contributed by atoms with Crippen LogP contribution in [-0.4, -0.2) is 57.1 Å². The molecule has 1 saturated heterocycles. The molecule has 1 aliphatic heterocycles. The lowest BCUT2D eigenvalue weighted by molar-refractivity contribution is -0.577. The smallest absolute Gasteiger partial charge is 0.268 e. The highest BCUT2D eigenvalue weighted by molar-refractivity contribution is 6.08. The number of ether oxygens (including phenoxy) is 2. The van der Waals surface area contributed by atoms with E-state index in [0.29, 0.717) is 34.6 Å². The molecule has 0 aliphatic carbocycles. The minimum absolute atomic E-state index is 0.166. The SMILES string of the molecule is COc1ccc(C=CC(=O)c2cc3cc(F)c(N4CCN(C)CC4)c(OC(C)C)c3[n+]([O-])c2)cc1. The summed E-state index contributed by atoms with van der Waals surface area (Å²) in [5.41, 5.74) is 1.48. The summed E-state index contributed by atoms with van der Waals surface area (Å²) in [4.78, 5) is 16.9. The van der Waals surface area contributed by atoms with Crippen LogP contribution in [0.4, 0.5) is 10.1 Å². The lowest BCUT2D eigenvalue weighted by atomic mass is 10.1. The number of hydrogen-bond acceptors (Lipinski definition) is 6. The summed E-state index contributed by atoms with van der Waals surface area (Å²) in [5, 5.41) is 13.5. The quantitative estimate of drug-likeness (QED) is 0.220. The third-order valence-corrected chi connectivity index (χ3v) is 6.00. The Bertz CT molecular complexity index is 1250. The number of ketones is 1. The van der Waals surface area contributed by atoms with E-state index >= 15 is 4.39 Å². The fraction of sp³-hybridized carbons (Fsp3) is 0.333. The van der Waals surface area contributed by atoms with E-state index in [1.807, 2.05) is 37.9 Å². The third-order valence-electron chi connectivity index (χ3n) is 6.00. The number of allylic oxidation sites excluding steroid dienone is 1. The van der Waals surface area contributed by atoms with Crippen LogP contribution < -0.4 is 19.1 Å². The third kappa shape index (κ3) is 5.38. The van der Waals surface area contributed by atoms with E-state index in [0.717, 1.165) is 18.7 Å². The summed E-state index contributed by atoms with van der Waals surface area (Å²) in [6, 6.07) is 10.1. The van der Waals surface area contributed by atoms with Crippen molar-refractivity contribution in [2.75, 3.05) is 45.2 Å². The molecule has 0 atom stereocenters. The Labute approximate surface area is 204 Å². The minimum Gasteiger partial charge on any atom is -0.618 e. The van der Waals surface area contributed by atoms with Gasteiger partial charge in [-0.05, 0) is 56.8 Å². The Morgan fingerprint density at radius 1 is 1.14 bits per heavy atom. The lowest BCUT2D eigenvalue weighted by Crippen LogP contribution is -2.45. The maximum absolute atomic E-state index is 15.5. The number of carbonyl (C=O) groups excluding carboxylic acids is 1. The van der Waals surface area contributed by atoms with E-state index in [2.05, 4.69) is 4.90 Å². The first-order valence-corrected chi connectivity index (χ1v) is 11.6. The van der Waals surface area contributed by atoms with Gasteiger partial charge in [-0.15, -0.1) is 0 Å². The van der Waals surface area contributed by atoms with E-state index in [9.17, 15) is 10.0 Å². The topological polar surface area (TPSA) is 69.0 Å². The highest BCUT2D eigenvalue weighted by Gasteiger charge is 2.29. The van der Waals surface area contributed by atoms with E-state index < -0.39 is 5.82 Å². The number of halogens is 1. The van der Waals surface area contributed by atoms with Crippen LogP contribution in [0.3, 0.4) is 0 Å². The second-order valence-electron chi connectivity index (χ2n) is 8.96. The van der Waals surface area contributed by atoms with Crippen molar-refractivity contribution >= 4 is 28.4 Å². The number of anilines is 1. The Hall–Kier alpha value is -3.65. The van der Waals surface area contributed by atoms with Gasteiger partial charge in [0.15, 0.2) is 17.8 Å². The van der Waals surface area contributed by atoms with E-state index in [4.69, 9.17) is 9.47 Å². The van der Waals surface area contributed by atoms with Gasteiger partial charge in [0.1, 0.15) is 11.4 Å². The van der Waals surface area contributed by atoms with Crippen LogP contribution >= 0.6 is 0 Å². The van der Waals surface area contributed by atoms with Crippen LogP contribution in [0.25, 0.3) is 17.0 Å². The molecular weight excluding hydrogens is 449 g/mol. The molecule has 2 aromatic carbocycles. The van der Waals surface area contributed by atoms with Crippen LogP contribution in [0.5, 0.6) is 11.5 Å². The number of carbonyl (C=O) groups is 1. The molecule has 4 rings (SSSR count). The fourth-order valence-corrected chi connectivity index (χ4v) is 4.15. The summed E-state index contributed by atoms with van der Waals surface area (Å²) in [5.74, 6) is 0.0911. The molecule has 0 spiro atoms. The van der Waals surface area contributed by atoms with Crippen molar-refractivity contribution in [2.24, 2.45) is 0 Å². The van der Waals surface area contributed by atoms with Crippen LogP contribution in [0.1, 0.15) is 29.8 Å². The number of pyridine rings is 1. The van der Waals surface area contributed by atoms with Crippen molar-refractivity contribution in [1.82, 2.24) is 4.90 Å². The number of aromatic nitrogens is 1. The van der Waals surface area contributed by atoms with Crippen LogP contribution in [0, 0.1) is 11.0 Å². The average Bonchev–Trinajstić information content (AvgIpc) is 2.83. The van der Waals surface area contributed by atoms with Gasteiger partial charge < -0.3 is 24.5 Å². The molecule has 7 nitrogen and oxygen atoms in total. The first kappa shape index (κ1) is 24.5. The fourth-order valence-electron chi connectivity index (χ4n) is 4.15. The molecule has 0 saturated carbocycles. The van der Waals surface area contributed by atoms with E-state index in [1.165, 1.54) is 24.4 Å². The molecule has 8 heteroatoms. The summed E-state index contributed by atoms with van der Waals surface area (Å²) in [6.45, 7) is 6.48. The Balaban J connectivity index is 1.72. The van der Waals surface area contributed by atoms with E-state index in [1.54, 1.807) is 25.3 Å². The number of hydrogen-bond donors (Lipinski definition) is 0. The summed E-state index contributed by atoms with van der Waals surface area (Å²) >= 11 is 0. The number of nitrogens with zero attached hydrogens (tertiary/aromatic N) is 3. The molecule has 1 aromatic heterocycles. The molecule has 0 bridgehead atoms. The monoisotopic (exact) mass is 479 g/mol. The molecule has 0 radical (unpaired) electrons. The van der Waals surface area contributed by atoms with Gasteiger partial charge in [0.25, 0.3) is 5.52 Å². The zero-order valence-electron chi connectivity index (χ0n) is 20.5. The summed E-state index contributed by atoms with van der Waals surface area (Å²) < 4.78 is 27.2. The largest absolute Gasteiger partial charge is 0.618 e. The predicted molar refractivity (Wildman–Crippen MR) is 135 cm³/mol. The molecular formula is C27H30FN3O4. The Morgan fingerprint density at radius 3 is 2.46 bits per heavy atom. The van der Waals surface area contributed by atoms with Crippen molar-refractivity contribution in [1.29, 1.82) is 0 Å². The molecule has 0 unspecified atom stereocenters. The normalized spacial score (nSPS) is 14.7. The van der Waals surface area contributed by atoms with Crippen LogP contribution in [0.2, 0.25) is 0 Å². The van der Waals surface area contributed by atoms with Crippen molar-refractivity contribution in [2.45, 2.75) is 20.0 Å². The van der Waals surface area contributed by atoms with Gasteiger partial charge in [0.2, 0.25) is 5.75 Å². The Morgan fingerprint density at radius 2 is 1.83 bits per heavy atom. The van der Waals surface area contributed by atoms with Crippen molar-refractivity contribution in [3.8, 4) is 11.5 Å². The molecule has 184 valence electrons.